The van der Waals surface area contributed by atoms with Crippen molar-refractivity contribution in [1.29, 1.82) is 0 Å². The highest BCUT2D eigenvalue weighted by Crippen LogP contribution is 2.60. The number of rotatable bonds is 6. The van der Waals surface area contributed by atoms with Gasteiger partial charge in [0, 0.05) is 23.0 Å². The van der Waals surface area contributed by atoms with Crippen LogP contribution >= 0.6 is 42.1 Å². The second kappa shape index (κ2) is 9.64. The van der Waals surface area contributed by atoms with Gasteiger partial charge in [0.15, 0.2) is 4.38 Å². The summed E-state index contributed by atoms with van der Waals surface area (Å²) in [5.74, 6) is 2.29. The predicted octanol–water partition coefficient (Wildman–Crippen LogP) is 4.08. The number of oxime groups is 1. The summed E-state index contributed by atoms with van der Waals surface area (Å²) < 4.78 is 14.6. The minimum Gasteiger partial charge on any atom is -0.317 e. The average Bonchev–Trinajstić information content (AvgIpc) is 3.06. The summed E-state index contributed by atoms with van der Waals surface area (Å²) in [6.07, 6.45) is -0.583. The van der Waals surface area contributed by atoms with Crippen molar-refractivity contribution in [3.05, 3.63) is 0 Å². The molecule has 2 aliphatic rings. The number of hydrogen-bond donors (Lipinski definition) is 1. The van der Waals surface area contributed by atoms with E-state index in [0.29, 0.717) is 19.1 Å². The first-order valence-electron chi connectivity index (χ1n) is 7.82. The molecule has 2 rings (SSSR count). The van der Waals surface area contributed by atoms with Crippen LogP contribution in [0.1, 0.15) is 27.7 Å². The van der Waals surface area contributed by atoms with Crippen molar-refractivity contribution in [2.75, 3.05) is 30.6 Å². The maximum Gasteiger partial charge on any atom is 0.434 e. The maximum absolute atomic E-state index is 11.7. The molecule has 12 heteroatoms. The summed E-state index contributed by atoms with van der Waals surface area (Å²) in [5, 5.41) is 6.48. The minimum atomic E-state index is -2.55. The molecule has 2 fully saturated rings. The first-order valence-corrected chi connectivity index (χ1v) is 13.3. The summed E-state index contributed by atoms with van der Waals surface area (Å²) in [4.78, 5) is 16.6. The molecule has 0 spiro atoms. The van der Waals surface area contributed by atoms with Gasteiger partial charge in [-0.05, 0) is 37.6 Å². The molecule has 2 aliphatic heterocycles. The third kappa shape index (κ3) is 6.88. The number of thioether (sulfide) groups is 2. The summed E-state index contributed by atoms with van der Waals surface area (Å²) in [7, 11) is 0. The second-order valence-corrected chi connectivity index (χ2v) is 13.4. The molecule has 0 saturated carbocycles. The van der Waals surface area contributed by atoms with Gasteiger partial charge < -0.3 is 14.4 Å². The zero-order valence-electron chi connectivity index (χ0n) is 14.7. The third-order valence-electron chi connectivity index (χ3n) is 3.07. The molecule has 144 valence electrons. The van der Waals surface area contributed by atoms with Gasteiger partial charge in [-0.2, -0.15) is 4.08 Å². The van der Waals surface area contributed by atoms with Crippen molar-refractivity contribution < 1.29 is 18.7 Å². The molecule has 0 radical (unpaired) electrons. The quantitative estimate of drug-likeness (QED) is 0.214. The number of carbonyl (C=O) groups is 1. The second-order valence-electron chi connectivity index (χ2n) is 6.46. The smallest absolute Gasteiger partial charge is 0.317 e. The molecule has 7 nitrogen and oxygen atoms in total. The van der Waals surface area contributed by atoms with Crippen LogP contribution in [0.3, 0.4) is 0 Å². The summed E-state index contributed by atoms with van der Waals surface area (Å²) in [5.41, 5.74) is -0.0346. The van der Waals surface area contributed by atoms with Gasteiger partial charge >= 0.3 is 6.09 Å². The van der Waals surface area contributed by atoms with Crippen LogP contribution in [0.5, 0.6) is 0 Å². The zero-order valence-corrected chi connectivity index (χ0v) is 18.9. The Balaban J connectivity index is 1.80. The molecule has 0 bridgehead atoms. The van der Waals surface area contributed by atoms with Crippen LogP contribution in [0.15, 0.2) is 5.16 Å². The lowest BCUT2D eigenvalue weighted by molar-refractivity contribution is 0.0489. The maximum atomic E-state index is 11.7. The predicted molar refractivity (Wildman–Crippen MR) is 111 cm³/mol. The van der Waals surface area contributed by atoms with Crippen LogP contribution in [0.4, 0.5) is 4.79 Å². The highest BCUT2D eigenvalue weighted by molar-refractivity contribution is 8.41. The fraction of sp³-hybridized carbons (Fsp3) is 0.846. The van der Waals surface area contributed by atoms with Crippen LogP contribution in [0.25, 0.3) is 0 Å². The fourth-order valence-electron chi connectivity index (χ4n) is 1.83. The lowest BCUT2D eigenvalue weighted by Crippen LogP contribution is -2.35. The molecule has 2 saturated heterocycles. The van der Waals surface area contributed by atoms with E-state index in [-0.39, 0.29) is 11.5 Å². The van der Waals surface area contributed by atoms with E-state index in [1.807, 2.05) is 17.9 Å². The van der Waals surface area contributed by atoms with Crippen LogP contribution in [0, 0.1) is 5.41 Å². The summed E-state index contributed by atoms with van der Waals surface area (Å²) in [6, 6.07) is 0.112. The van der Waals surface area contributed by atoms with E-state index >= 15 is 0 Å². The number of nitrogens with one attached hydrogen (secondary N) is 1. The average molecular weight is 446 g/mol. The topological polar surface area (TPSA) is 72.4 Å². The molecule has 1 N–H and O–H groups in total. The van der Waals surface area contributed by atoms with E-state index in [4.69, 9.17) is 25.7 Å². The molecule has 0 unspecified atom stereocenters. The van der Waals surface area contributed by atoms with Gasteiger partial charge in [-0.3, -0.25) is 4.84 Å². The SMILES string of the molecule is CC(C)N(SCNC(=O)ON=C1SCCS1)P1(=S)OCC(C)(C)CO1. The Hall–Kier alpha value is 0.520. The molecule has 0 atom stereocenters. The van der Waals surface area contributed by atoms with Gasteiger partial charge in [0.1, 0.15) is 0 Å². The lowest BCUT2D eigenvalue weighted by Gasteiger charge is -2.42. The monoisotopic (exact) mass is 445 g/mol. The molecular formula is C13H24N3O4PS4. The van der Waals surface area contributed by atoms with E-state index in [0.717, 1.165) is 15.9 Å². The van der Waals surface area contributed by atoms with Crippen LogP contribution in [0.2, 0.25) is 0 Å². The van der Waals surface area contributed by atoms with Crippen molar-refractivity contribution in [1.82, 2.24) is 9.39 Å². The van der Waals surface area contributed by atoms with Crippen molar-refractivity contribution in [2.45, 2.75) is 33.7 Å². The van der Waals surface area contributed by atoms with Gasteiger partial charge in [0.25, 0.3) is 6.64 Å². The number of amides is 1. The van der Waals surface area contributed by atoms with Crippen molar-refractivity contribution >= 4 is 64.4 Å². The Morgan fingerprint density at radius 3 is 2.60 bits per heavy atom. The van der Waals surface area contributed by atoms with Crippen molar-refractivity contribution in [3.8, 4) is 0 Å². The molecule has 2 heterocycles. The number of hydrogen-bond acceptors (Lipinski definition) is 9. The molecule has 0 aromatic carbocycles. The minimum absolute atomic E-state index is 0.0346. The van der Waals surface area contributed by atoms with Gasteiger partial charge in [-0.25, -0.2) is 4.79 Å². The van der Waals surface area contributed by atoms with Crippen molar-refractivity contribution in [2.24, 2.45) is 10.6 Å². The van der Waals surface area contributed by atoms with Crippen LogP contribution in [-0.4, -0.2) is 51.2 Å². The van der Waals surface area contributed by atoms with Crippen LogP contribution < -0.4 is 5.32 Å². The number of nitrogens with zero attached hydrogens (tertiary/aromatic N) is 2. The Labute approximate surface area is 167 Å². The van der Waals surface area contributed by atoms with Crippen molar-refractivity contribution in [3.63, 3.8) is 0 Å². The van der Waals surface area contributed by atoms with E-state index in [9.17, 15) is 4.79 Å². The van der Waals surface area contributed by atoms with E-state index in [2.05, 4.69) is 24.3 Å². The van der Waals surface area contributed by atoms with E-state index < -0.39 is 12.7 Å². The standard InChI is InChI=1S/C13H24N3O4PS4/c1-10(2)16(21(22)18-7-13(3,4)8-19-21)25-9-14-11(17)20-15-12-23-5-6-24-12/h10H,5-9H2,1-4H3,(H,14,17). The summed E-state index contributed by atoms with van der Waals surface area (Å²) in [6.45, 7) is 6.79. The first kappa shape index (κ1) is 21.8. The molecule has 0 aromatic rings. The molecule has 0 aromatic heterocycles. The normalized spacial score (nSPS) is 22.2. The molecule has 1 amide bonds. The summed E-state index contributed by atoms with van der Waals surface area (Å²) >= 11 is 10.2. The zero-order chi connectivity index (χ0) is 18.5. The van der Waals surface area contributed by atoms with Crippen LogP contribution in [-0.2, 0) is 25.7 Å². The largest absolute Gasteiger partial charge is 0.434 e. The third-order valence-corrected chi connectivity index (χ3v) is 10.8. The first-order chi connectivity index (χ1) is 11.7. The Kier molecular flexibility index (Phi) is 8.41. The number of carbonyl (C=O) groups excluding carboxylic acids is 1. The van der Waals surface area contributed by atoms with Gasteiger partial charge in [0.2, 0.25) is 0 Å². The Bertz CT molecular complexity index is 539. The highest BCUT2D eigenvalue weighted by Gasteiger charge is 2.39. The van der Waals surface area contributed by atoms with Gasteiger partial charge in [-0.15, -0.1) is 0 Å². The Morgan fingerprint density at radius 2 is 2.04 bits per heavy atom. The van der Waals surface area contributed by atoms with E-state index in [1.54, 1.807) is 23.5 Å². The molecule has 0 aliphatic carbocycles. The van der Waals surface area contributed by atoms with E-state index in [1.165, 1.54) is 11.9 Å². The molecular weight excluding hydrogens is 421 g/mol. The Morgan fingerprint density at radius 1 is 1.44 bits per heavy atom. The van der Waals surface area contributed by atoms with Gasteiger partial charge in [-0.1, -0.05) is 42.5 Å². The fourth-order valence-corrected chi connectivity index (χ4v) is 8.69. The molecule has 25 heavy (non-hydrogen) atoms. The van der Waals surface area contributed by atoms with Gasteiger partial charge in [0.05, 0.1) is 19.1 Å². The lowest BCUT2D eigenvalue weighted by atomic mass is 9.97. The highest BCUT2D eigenvalue weighted by atomic mass is 32.5.